The molecular weight excluding hydrogens is 324 g/mol. The van der Waals surface area contributed by atoms with E-state index in [9.17, 15) is 25.2 Å². The average Bonchev–Trinajstić information content (AvgIpc) is 2.78. The van der Waals surface area contributed by atoms with Gasteiger partial charge in [-0.1, -0.05) is 24.3 Å². The summed E-state index contributed by atoms with van der Waals surface area (Å²) in [5.74, 6) is 0. The number of halogens is 6. The summed E-state index contributed by atoms with van der Waals surface area (Å²) < 4.78 is 59.2. The summed E-state index contributed by atoms with van der Waals surface area (Å²) in [5.41, 5.74) is 0. The topological polar surface area (TPSA) is 0 Å². The minimum absolute atomic E-state index is 0. The molecule has 0 N–H and O–H groups in total. The van der Waals surface area contributed by atoms with Gasteiger partial charge in [-0.25, -0.2) is 12.1 Å². The van der Waals surface area contributed by atoms with E-state index in [1.165, 1.54) is 0 Å². The maximum absolute atomic E-state index is 10.7. The van der Waals surface area contributed by atoms with Gasteiger partial charge in [-0.05, 0) is 6.42 Å². The maximum Gasteiger partial charge on any atom is 2.00 e. The van der Waals surface area contributed by atoms with Crippen molar-refractivity contribution < 1.29 is 42.0 Å². The molecule has 0 unspecified atom stereocenters. The standard InChI is InChI=1S/C5H6.C5H5.Co.F6P/c2*1-2-4-5-3-1;;1-7(2,3,4,5)6/h1-4H,5H2;1-5H;;/q;-1;+2;-1. The summed E-state index contributed by atoms with van der Waals surface area (Å²) in [7, 11) is -10.7. The van der Waals surface area contributed by atoms with Gasteiger partial charge in [-0.3, -0.25) is 0 Å². The second-order valence-corrected chi connectivity index (χ2v) is 4.93. The maximum atomic E-state index is 9.87. The fourth-order valence-corrected chi connectivity index (χ4v) is 0.714. The van der Waals surface area contributed by atoms with Crippen molar-refractivity contribution in [3.63, 3.8) is 0 Å². The molecule has 8 heteroatoms. The smallest absolute Gasteiger partial charge is 0.214 e. The Morgan fingerprint density at radius 1 is 0.778 bits per heavy atom. The molecule has 18 heavy (non-hydrogen) atoms. The van der Waals surface area contributed by atoms with E-state index in [-0.39, 0.29) is 16.8 Å². The molecule has 0 aliphatic heterocycles. The number of allylic oxidation sites excluding steroid dienone is 4. The van der Waals surface area contributed by atoms with E-state index >= 15 is 0 Å². The first-order valence-corrected chi connectivity index (χ1v) is 6.53. The van der Waals surface area contributed by atoms with E-state index in [4.69, 9.17) is 0 Å². The molecule has 0 fully saturated rings. The van der Waals surface area contributed by atoms with Crippen LogP contribution in [0.3, 0.4) is 0 Å². The van der Waals surface area contributed by atoms with E-state index < -0.39 is 7.81 Å². The number of hydrogen-bond donors (Lipinski definition) is 0. The Hall–Kier alpha value is -0.654. The molecule has 0 spiro atoms. The van der Waals surface area contributed by atoms with Crippen LogP contribution in [-0.2, 0) is 16.8 Å². The van der Waals surface area contributed by atoms with Crippen LogP contribution in [0.25, 0.3) is 0 Å². The Balaban J connectivity index is 0. The number of rotatable bonds is 0. The zero-order valence-corrected chi connectivity index (χ0v) is 10.9. The fraction of sp³-hybridized carbons (Fsp3) is 0.100. The molecular formula is C10H11CoF6P. The molecule has 0 saturated heterocycles. The Bertz CT molecular complexity index is 323. The fourth-order valence-electron chi connectivity index (χ4n) is 0.714. The van der Waals surface area contributed by atoms with Gasteiger partial charge < -0.3 is 0 Å². The molecule has 0 bridgehead atoms. The van der Waals surface area contributed by atoms with Crippen molar-refractivity contribution in [2.24, 2.45) is 0 Å². The van der Waals surface area contributed by atoms with Crippen molar-refractivity contribution in [1.29, 1.82) is 0 Å². The molecule has 0 amide bonds. The van der Waals surface area contributed by atoms with Crippen LogP contribution in [0.15, 0.2) is 54.6 Å². The van der Waals surface area contributed by atoms with Gasteiger partial charge in [0, 0.05) is 0 Å². The minimum Gasteiger partial charge on any atom is -0.214 e. The molecule has 0 nitrogen and oxygen atoms in total. The SMILES string of the molecule is C1=CCC=C1.F[P-](F)(F)(F)(F)F.[Co+2].c1cc[cH-]c1. The minimum atomic E-state index is -10.7. The van der Waals surface area contributed by atoms with E-state index in [1.807, 2.05) is 30.3 Å². The molecule has 1 aromatic carbocycles. The summed E-state index contributed by atoms with van der Waals surface area (Å²) >= 11 is 0. The van der Waals surface area contributed by atoms with Crippen molar-refractivity contribution >= 4 is 7.81 Å². The van der Waals surface area contributed by atoms with E-state index in [2.05, 4.69) is 24.3 Å². The van der Waals surface area contributed by atoms with E-state index in [1.54, 1.807) is 0 Å². The third-order valence-electron chi connectivity index (χ3n) is 1.21. The summed E-state index contributed by atoms with van der Waals surface area (Å²) in [6.45, 7) is 0. The molecule has 1 radical (unpaired) electrons. The van der Waals surface area contributed by atoms with Gasteiger partial charge in [0.2, 0.25) is 0 Å². The Morgan fingerprint density at radius 2 is 1.11 bits per heavy atom. The van der Waals surface area contributed by atoms with Gasteiger partial charge in [0.15, 0.2) is 0 Å². The quantitative estimate of drug-likeness (QED) is 0.297. The molecule has 2 rings (SSSR count). The second-order valence-electron chi connectivity index (χ2n) is 3.01. The molecule has 1 aromatic rings. The van der Waals surface area contributed by atoms with Gasteiger partial charge >= 0.3 is 49.8 Å². The predicted octanol–water partition coefficient (Wildman–Crippen LogP) is 6.29. The summed E-state index contributed by atoms with van der Waals surface area (Å²) in [6.07, 6.45) is 9.50. The third-order valence-corrected chi connectivity index (χ3v) is 1.21. The van der Waals surface area contributed by atoms with Crippen LogP contribution < -0.4 is 0 Å². The first-order valence-electron chi connectivity index (χ1n) is 4.50. The van der Waals surface area contributed by atoms with Crippen molar-refractivity contribution in [2.45, 2.75) is 6.42 Å². The second kappa shape index (κ2) is 6.49. The van der Waals surface area contributed by atoms with Gasteiger partial charge in [0.05, 0.1) is 0 Å². The van der Waals surface area contributed by atoms with Crippen LogP contribution in [0.5, 0.6) is 0 Å². The van der Waals surface area contributed by atoms with Crippen LogP contribution in [-0.4, -0.2) is 0 Å². The van der Waals surface area contributed by atoms with Gasteiger partial charge in [0.1, 0.15) is 0 Å². The number of hydrogen-bond acceptors (Lipinski definition) is 0. The molecule has 0 saturated carbocycles. The normalized spacial score (nSPS) is 16.1. The monoisotopic (exact) mass is 335 g/mol. The third kappa shape index (κ3) is 36.2. The molecule has 1 aliphatic carbocycles. The van der Waals surface area contributed by atoms with Crippen LogP contribution in [0.1, 0.15) is 6.42 Å². The zero-order chi connectivity index (χ0) is 13.5. The Kier molecular flexibility index (Phi) is 7.10. The summed E-state index contributed by atoms with van der Waals surface area (Å²) in [4.78, 5) is 0. The van der Waals surface area contributed by atoms with Crippen molar-refractivity contribution in [3.8, 4) is 0 Å². The first-order chi connectivity index (χ1) is 7.45. The summed E-state index contributed by atoms with van der Waals surface area (Å²) in [5, 5.41) is 0. The van der Waals surface area contributed by atoms with Crippen LogP contribution >= 0.6 is 7.81 Å². The van der Waals surface area contributed by atoms with E-state index in [0.717, 1.165) is 6.42 Å². The van der Waals surface area contributed by atoms with Crippen LogP contribution in [0.2, 0.25) is 0 Å². The van der Waals surface area contributed by atoms with Gasteiger partial charge in [-0.2, -0.15) is 18.2 Å². The zero-order valence-electron chi connectivity index (χ0n) is 8.95. The first kappa shape index (κ1) is 19.7. The molecule has 0 heterocycles. The Morgan fingerprint density at radius 3 is 1.22 bits per heavy atom. The van der Waals surface area contributed by atoms with Crippen molar-refractivity contribution in [1.82, 2.24) is 0 Å². The van der Waals surface area contributed by atoms with Crippen molar-refractivity contribution in [2.75, 3.05) is 0 Å². The van der Waals surface area contributed by atoms with Crippen molar-refractivity contribution in [3.05, 3.63) is 54.6 Å². The van der Waals surface area contributed by atoms with Crippen LogP contribution in [0.4, 0.5) is 25.2 Å². The summed E-state index contributed by atoms with van der Waals surface area (Å²) in [6, 6.07) is 10.0. The van der Waals surface area contributed by atoms with Crippen LogP contribution in [0, 0.1) is 0 Å². The van der Waals surface area contributed by atoms with Gasteiger partial charge in [-0.15, -0.1) is 0 Å². The van der Waals surface area contributed by atoms with E-state index in [0.29, 0.717) is 0 Å². The molecule has 0 atom stereocenters. The van der Waals surface area contributed by atoms with Gasteiger partial charge in [0.25, 0.3) is 0 Å². The average molecular weight is 335 g/mol. The molecule has 1 aliphatic rings. The molecule has 107 valence electrons. The Labute approximate surface area is 111 Å². The molecule has 0 aromatic heterocycles. The largest absolute Gasteiger partial charge is 2.00 e. The predicted molar refractivity (Wildman–Crippen MR) is 58.5 cm³/mol.